The molecule has 14 heavy (non-hydrogen) atoms. The average Bonchev–Trinajstić information content (AvgIpc) is 2.17. The van der Waals surface area contributed by atoms with Gasteiger partial charge in [0, 0.05) is 30.9 Å². The highest BCUT2D eigenvalue weighted by atomic mass is 16.3. The molecule has 0 bridgehead atoms. The molecular formula is C10H19N3O. The third kappa shape index (κ3) is 3.14. The fraction of sp³-hybridized carbons (Fsp3) is 0.600. The Morgan fingerprint density at radius 3 is 2.86 bits per heavy atom. The molecule has 0 amide bonds. The van der Waals surface area contributed by atoms with Crippen LogP contribution in [0.3, 0.4) is 0 Å². The highest BCUT2D eigenvalue weighted by molar-refractivity contribution is 5.27. The molecule has 1 rings (SSSR count). The molecule has 80 valence electrons. The van der Waals surface area contributed by atoms with E-state index in [1.165, 1.54) is 0 Å². The van der Waals surface area contributed by atoms with Crippen LogP contribution in [0.2, 0.25) is 0 Å². The van der Waals surface area contributed by atoms with Crippen LogP contribution in [-0.4, -0.2) is 30.3 Å². The summed E-state index contributed by atoms with van der Waals surface area (Å²) in [6.45, 7) is 1.52. The van der Waals surface area contributed by atoms with E-state index in [1.54, 1.807) is 0 Å². The first-order chi connectivity index (χ1) is 6.70. The third-order valence-electron chi connectivity index (χ3n) is 2.35. The van der Waals surface area contributed by atoms with E-state index in [0.717, 1.165) is 18.7 Å². The lowest BCUT2D eigenvalue weighted by atomic mass is 9.88. The van der Waals surface area contributed by atoms with Gasteiger partial charge in [0.05, 0.1) is 0 Å². The summed E-state index contributed by atoms with van der Waals surface area (Å²) < 4.78 is 0. The van der Waals surface area contributed by atoms with Gasteiger partial charge in [-0.1, -0.05) is 12.2 Å². The lowest BCUT2D eigenvalue weighted by Crippen LogP contribution is -2.40. The summed E-state index contributed by atoms with van der Waals surface area (Å²) in [6, 6.07) is 0. The van der Waals surface area contributed by atoms with Crippen LogP contribution in [0.5, 0.6) is 0 Å². The first-order valence-corrected chi connectivity index (χ1v) is 4.93. The van der Waals surface area contributed by atoms with Gasteiger partial charge in [-0.25, -0.2) is 0 Å². The van der Waals surface area contributed by atoms with Gasteiger partial charge in [0.2, 0.25) is 0 Å². The molecule has 4 nitrogen and oxygen atoms in total. The van der Waals surface area contributed by atoms with Crippen molar-refractivity contribution in [1.29, 1.82) is 0 Å². The lowest BCUT2D eigenvalue weighted by molar-refractivity contribution is 0.257. The predicted octanol–water partition coefficient (Wildman–Crippen LogP) is -0.542. The van der Waals surface area contributed by atoms with E-state index in [4.69, 9.17) is 16.6 Å². The number of aliphatic hydroxyl groups excluding tert-OH is 1. The van der Waals surface area contributed by atoms with Crippen molar-refractivity contribution >= 4 is 0 Å². The minimum absolute atomic E-state index is 0.125. The molecule has 1 aliphatic rings. The van der Waals surface area contributed by atoms with Crippen molar-refractivity contribution in [3.63, 3.8) is 0 Å². The highest BCUT2D eigenvalue weighted by Crippen LogP contribution is 2.20. The van der Waals surface area contributed by atoms with Gasteiger partial charge in [-0.3, -0.25) is 0 Å². The number of hydrogen-bond donors (Lipinski definition) is 4. The van der Waals surface area contributed by atoms with Gasteiger partial charge in [-0.05, 0) is 18.9 Å². The molecule has 1 unspecified atom stereocenters. The SMILES string of the molecule is NCCNC1=CCC(N)(CCO)C=C1. The van der Waals surface area contributed by atoms with Crippen molar-refractivity contribution in [2.75, 3.05) is 19.7 Å². The van der Waals surface area contributed by atoms with Gasteiger partial charge in [0.1, 0.15) is 0 Å². The van der Waals surface area contributed by atoms with Crippen LogP contribution in [0.25, 0.3) is 0 Å². The monoisotopic (exact) mass is 197 g/mol. The van der Waals surface area contributed by atoms with Crippen LogP contribution in [0.15, 0.2) is 23.9 Å². The molecule has 0 aromatic rings. The van der Waals surface area contributed by atoms with Crippen LogP contribution < -0.4 is 16.8 Å². The maximum Gasteiger partial charge on any atom is 0.0451 e. The number of nitrogens with two attached hydrogens (primary N) is 2. The number of allylic oxidation sites excluding steroid dienone is 1. The van der Waals surface area contributed by atoms with Gasteiger partial charge >= 0.3 is 0 Å². The van der Waals surface area contributed by atoms with E-state index in [-0.39, 0.29) is 12.1 Å². The summed E-state index contributed by atoms with van der Waals surface area (Å²) in [6.07, 6.45) is 7.31. The fourth-order valence-electron chi connectivity index (χ4n) is 1.43. The van der Waals surface area contributed by atoms with Gasteiger partial charge in [-0.2, -0.15) is 0 Å². The Labute approximate surface area is 84.7 Å². The van der Waals surface area contributed by atoms with Crippen molar-refractivity contribution in [3.05, 3.63) is 23.9 Å². The number of aliphatic hydroxyl groups is 1. The maximum atomic E-state index is 8.82. The topological polar surface area (TPSA) is 84.3 Å². The van der Waals surface area contributed by atoms with Crippen LogP contribution in [0.1, 0.15) is 12.8 Å². The first-order valence-electron chi connectivity index (χ1n) is 4.93. The van der Waals surface area contributed by atoms with Crippen molar-refractivity contribution in [2.45, 2.75) is 18.4 Å². The Morgan fingerprint density at radius 1 is 1.57 bits per heavy atom. The predicted molar refractivity (Wildman–Crippen MR) is 57.5 cm³/mol. The van der Waals surface area contributed by atoms with Gasteiger partial charge < -0.3 is 21.9 Å². The zero-order valence-electron chi connectivity index (χ0n) is 8.37. The second-order valence-corrected chi connectivity index (χ2v) is 3.62. The summed E-state index contributed by atoms with van der Waals surface area (Å²) in [5.41, 5.74) is 12.1. The molecule has 0 aliphatic heterocycles. The normalized spacial score (nSPS) is 26.1. The molecule has 0 saturated heterocycles. The van der Waals surface area contributed by atoms with Crippen LogP contribution in [0.4, 0.5) is 0 Å². The summed E-state index contributed by atoms with van der Waals surface area (Å²) in [5, 5.41) is 12.0. The van der Waals surface area contributed by atoms with Gasteiger partial charge in [0.15, 0.2) is 0 Å². The van der Waals surface area contributed by atoms with E-state index in [2.05, 4.69) is 5.32 Å². The second-order valence-electron chi connectivity index (χ2n) is 3.62. The minimum Gasteiger partial charge on any atom is -0.396 e. The lowest BCUT2D eigenvalue weighted by Gasteiger charge is -2.27. The molecular weight excluding hydrogens is 178 g/mol. The van der Waals surface area contributed by atoms with E-state index in [9.17, 15) is 0 Å². The maximum absolute atomic E-state index is 8.82. The third-order valence-corrected chi connectivity index (χ3v) is 2.35. The van der Waals surface area contributed by atoms with Crippen molar-refractivity contribution in [2.24, 2.45) is 11.5 Å². The molecule has 4 heteroatoms. The first kappa shape index (κ1) is 11.2. The molecule has 0 fully saturated rings. The smallest absolute Gasteiger partial charge is 0.0451 e. The zero-order valence-corrected chi connectivity index (χ0v) is 8.37. The van der Waals surface area contributed by atoms with E-state index < -0.39 is 0 Å². The van der Waals surface area contributed by atoms with Crippen LogP contribution >= 0.6 is 0 Å². The van der Waals surface area contributed by atoms with Crippen molar-refractivity contribution < 1.29 is 5.11 Å². The molecule has 0 saturated carbocycles. The largest absolute Gasteiger partial charge is 0.396 e. The molecule has 0 aromatic heterocycles. The number of nitrogens with one attached hydrogen (secondary N) is 1. The van der Waals surface area contributed by atoms with E-state index in [0.29, 0.717) is 13.0 Å². The summed E-state index contributed by atoms with van der Waals surface area (Å²) >= 11 is 0. The summed E-state index contributed by atoms with van der Waals surface area (Å²) in [4.78, 5) is 0. The minimum atomic E-state index is -0.372. The number of hydrogen-bond acceptors (Lipinski definition) is 4. The zero-order chi connectivity index (χ0) is 10.4. The molecule has 0 aromatic carbocycles. The quantitative estimate of drug-likeness (QED) is 0.477. The summed E-state index contributed by atoms with van der Waals surface area (Å²) in [7, 11) is 0. The molecule has 6 N–H and O–H groups in total. The standard InChI is InChI=1S/C10H19N3O/c11-6-7-13-9-1-3-10(12,4-2-9)5-8-14/h1-3,13-14H,4-8,11-12H2. The Hall–Kier alpha value is -0.840. The van der Waals surface area contributed by atoms with Gasteiger partial charge in [-0.15, -0.1) is 0 Å². The Bertz CT molecular complexity index is 238. The fourth-order valence-corrected chi connectivity index (χ4v) is 1.43. The average molecular weight is 197 g/mol. The number of rotatable bonds is 5. The van der Waals surface area contributed by atoms with Crippen LogP contribution in [0, 0.1) is 0 Å². The molecule has 0 heterocycles. The highest BCUT2D eigenvalue weighted by Gasteiger charge is 2.22. The summed E-state index contributed by atoms with van der Waals surface area (Å²) in [5.74, 6) is 0. The van der Waals surface area contributed by atoms with Crippen molar-refractivity contribution in [1.82, 2.24) is 5.32 Å². The molecule has 0 radical (unpaired) electrons. The Morgan fingerprint density at radius 2 is 2.36 bits per heavy atom. The molecule has 1 aliphatic carbocycles. The molecule has 0 spiro atoms. The Balaban J connectivity index is 2.43. The molecule has 1 atom stereocenters. The van der Waals surface area contributed by atoms with E-state index >= 15 is 0 Å². The Kier molecular flexibility index (Phi) is 4.13. The van der Waals surface area contributed by atoms with E-state index in [1.807, 2.05) is 18.2 Å². The van der Waals surface area contributed by atoms with Gasteiger partial charge in [0.25, 0.3) is 0 Å². The second kappa shape index (κ2) is 5.14. The van der Waals surface area contributed by atoms with Crippen molar-refractivity contribution in [3.8, 4) is 0 Å². The van der Waals surface area contributed by atoms with Crippen LogP contribution in [-0.2, 0) is 0 Å².